The minimum atomic E-state index is -4.75. The van der Waals surface area contributed by atoms with E-state index in [2.05, 4.69) is 20.3 Å². The predicted molar refractivity (Wildman–Crippen MR) is 147 cm³/mol. The van der Waals surface area contributed by atoms with Crippen LogP contribution < -0.4 is 20.2 Å². The summed E-state index contributed by atoms with van der Waals surface area (Å²) in [5.74, 6) is -0.277. The maximum absolute atomic E-state index is 12.6. The molecular formula is C27H31ClF3N5O2S. The van der Waals surface area contributed by atoms with Crippen molar-refractivity contribution in [2.75, 3.05) is 32.7 Å². The van der Waals surface area contributed by atoms with Gasteiger partial charge in [0.05, 0.1) is 12.2 Å². The summed E-state index contributed by atoms with van der Waals surface area (Å²) in [6, 6.07) is 13.0. The van der Waals surface area contributed by atoms with Gasteiger partial charge in [-0.15, -0.1) is 24.5 Å². The highest BCUT2D eigenvalue weighted by Gasteiger charge is 2.31. The molecule has 12 heteroatoms. The van der Waals surface area contributed by atoms with Gasteiger partial charge in [-0.05, 0) is 79.9 Å². The monoisotopic (exact) mass is 581 g/mol. The molecule has 2 amide bonds. The highest BCUT2D eigenvalue weighted by Crippen LogP contribution is 2.27. The zero-order valence-electron chi connectivity index (χ0n) is 21.3. The number of halogens is 4. The number of nitrogens with zero attached hydrogens (tertiary/aromatic N) is 3. The molecule has 0 bridgehead atoms. The number of aromatic nitrogens is 1. The molecule has 1 aromatic heterocycles. The molecular weight excluding hydrogens is 551 g/mol. The van der Waals surface area contributed by atoms with Crippen molar-refractivity contribution >= 4 is 29.0 Å². The van der Waals surface area contributed by atoms with E-state index in [1.165, 1.54) is 36.3 Å². The molecule has 0 saturated carbocycles. The number of hydrogen-bond acceptors (Lipinski definition) is 5. The van der Waals surface area contributed by atoms with Gasteiger partial charge in [0.25, 0.3) is 0 Å². The van der Waals surface area contributed by atoms with Gasteiger partial charge in [0.15, 0.2) is 4.80 Å². The van der Waals surface area contributed by atoms with Crippen LogP contribution in [0.5, 0.6) is 5.75 Å². The lowest BCUT2D eigenvalue weighted by molar-refractivity contribution is -0.274. The smallest absolute Gasteiger partial charge is 0.406 e. The van der Waals surface area contributed by atoms with E-state index in [0.29, 0.717) is 37.6 Å². The number of carbonyl (C=O) groups is 1. The van der Waals surface area contributed by atoms with Crippen LogP contribution in [0.4, 0.5) is 18.0 Å². The van der Waals surface area contributed by atoms with Gasteiger partial charge in [0.2, 0.25) is 0 Å². The number of hydrogen-bond donors (Lipinski definition) is 2. The fraction of sp³-hybridized carbons (Fsp3) is 0.407. The van der Waals surface area contributed by atoms with Crippen LogP contribution >= 0.6 is 22.9 Å². The van der Waals surface area contributed by atoms with Crippen molar-refractivity contribution in [2.45, 2.75) is 38.7 Å². The van der Waals surface area contributed by atoms with E-state index < -0.39 is 6.36 Å². The van der Waals surface area contributed by atoms with Gasteiger partial charge in [-0.25, -0.2) is 4.79 Å². The highest BCUT2D eigenvalue weighted by atomic mass is 35.5. The lowest BCUT2D eigenvalue weighted by atomic mass is 10.1. The molecule has 0 aliphatic carbocycles. The molecule has 2 N–H and O–H groups in total. The molecule has 0 unspecified atom stereocenters. The van der Waals surface area contributed by atoms with E-state index in [4.69, 9.17) is 16.6 Å². The second-order valence-electron chi connectivity index (χ2n) is 9.16. The number of nitrogens with one attached hydrogen (secondary N) is 2. The van der Waals surface area contributed by atoms with E-state index in [1.54, 1.807) is 12.1 Å². The Morgan fingerprint density at radius 3 is 2.38 bits per heavy atom. The Morgan fingerprint density at radius 2 is 1.69 bits per heavy atom. The molecule has 1 aliphatic rings. The standard InChI is InChI=1S/C27H31ClF3N5O2S/c28-22-8-4-20(5-9-22)18-34-26-36(16-3-12-32-25(37)33-13-17-35-14-1-2-15-35)24(19-39-26)21-6-10-23(11-7-21)38-27(29,30)31/h4-11,19H,1-3,12-18H2,(H2,32,33,37). The number of urea groups is 1. The molecule has 0 spiro atoms. The average Bonchev–Trinajstić information content (AvgIpc) is 3.56. The SMILES string of the molecule is O=C(NCCCn1c(-c2ccc(OC(F)(F)F)cc2)csc1=NCc1ccc(Cl)cc1)NCCN1CCCC1. The molecule has 2 heterocycles. The number of benzene rings is 2. The minimum Gasteiger partial charge on any atom is -0.406 e. The third kappa shape index (κ3) is 9.29. The number of thiazole rings is 1. The van der Waals surface area contributed by atoms with Crippen LogP contribution in [-0.4, -0.2) is 54.6 Å². The van der Waals surface area contributed by atoms with Crippen LogP contribution in [-0.2, 0) is 13.1 Å². The van der Waals surface area contributed by atoms with Gasteiger partial charge in [0.1, 0.15) is 5.75 Å². The molecule has 4 rings (SSSR count). The molecule has 3 aromatic rings. The Bertz CT molecular complexity index is 1270. The molecule has 1 fully saturated rings. The van der Waals surface area contributed by atoms with E-state index >= 15 is 0 Å². The Hall–Kier alpha value is -3.02. The van der Waals surface area contributed by atoms with Crippen molar-refractivity contribution in [2.24, 2.45) is 4.99 Å². The molecule has 1 saturated heterocycles. The Kier molecular flexibility index (Phi) is 10.3. The first-order valence-electron chi connectivity index (χ1n) is 12.8. The van der Waals surface area contributed by atoms with Crippen LogP contribution in [0.15, 0.2) is 58.9 Å². The van der Waals surface area contributed by atoms with Crippen LogP contribution in [0.3, 0.4) is 0 Å². The molecule has 0 radical (unpaired) electrons. The number of carbonyl (C=O) groups excluding carboxylic acids is 1. The number of amides is 2. The highest BCUT2D eigenvalue weighted by molar-refractivity contribution is 7.07. The third-order valence-corrected chi connectivity index (χ3v) is 7.40. The van der Waals surface area contributed by atoms with Crippen molar-refractivity contribution in [3.05, 3.63) is 69.3 Å². The summed E-state index contributed by atoms with van der Waals surface area (Å²) in [4.78, 5) is 20.1. The lowest BCUT2D eigenvalue weighted by Crippen LogP contribution is -2.40. The Labute approximate surface area is 234 Å². The number of alkyl halides is 3. The summed E-state index contributed by atoms with van der Waals surface area (Å²) in [5, 5.41) is 8.38. The summed E-state index contributed by atoms with van der Waals surface area (Å²) >= 11 is 7.43. The second-order valence-corrected chi connectivity index (χ2v) is 10.4. The van der Waals surface area contributed by atoms with Crippen LogP contribution in [0.2, 0.25) is 5.02 Å². The first kappa shape index (κ1) is 29.0. The van der Waals surface area contributed by atoms with Crippen LogP contribution in [0.1, 0.15) is 24.8 Å². The molecule has 1 aliphatic heterocycles. The summed E-state index contributed by atoms with van der Waals surface area (Å²) in [6.45, 7) is 5.12. The van der Waals surface area contributed by atoms with Crippen molar-refractivity contribution in [3.63, 3.8) is 0 Å². The molecule has 7 nitrogen and oxygen atoms in total. The second kappa shape index (κ2) is 13.9. The number of rotatable bonds is 11. The summed E-state index contributed by atoms with van der Waals surface area (Å²) in [7, 11) is 0. The van der Waals surface area contributed by atoms with Crippen molar-refractivity contribution in [3.8, 4) is 17.0 Å². The summed E-state index contributed by atoms with van der Waals surface area (Å²) in [5.41, 5.74) is 2.56. The van der Waals surface area contributed by atoms with Gasteiger partial charge in [-0.1, -0.05) is 23.7 Å². The van der Waals surface area contributed by atoms with E-state index in [9.17, 15) is 18.0 Å². The van der Waals surface area contributed by atoms with Crippen molar-refractivity contribution in [1.29, 1.82) is 0 Å². The molecule has 39 heavy (non-hydrogen) atoms. The third-order valence-electron chi connectivity index (χ3n) is 6.25. The lowest BCUT2D eigenvalue weighted by Gasteiger charge is -2.15. The van der Waals surface area contributed by atoms with Gasteiger partial charge in [-0.2, -0.15) is 0 Å². The number of ether oxygens (including phenoxy) is 1. The maximum atomic E-state index is 12.6. The quantitative estimate of drug-likeness (QED) is 0.287. The first-order chi connectivity index (χ1) is 18.8. The van der Waals surface area contributed by atoms with E-state index in [0.717, 1.165) is 41.3 Å². The molecule has 0 atom stereocenters. The van der Waals surface area contributed by atoms with Gasteiger partial charge >= 0.3 is 12.4 Å². The average molecular weight is 582 g/mol. The zero-order chi connectivity index (χ0) is 27.7. The van der Waals surface area contributed by atoms with Crippen LogP contribution in [0, 0.1) is 0 Å². The van der Waals surface area contributed by atoms with Gasteiger partial charge in [-0.3, -0.25) is 4.99 Å². The Balaban J connectivity index is 1.41. The van der Waals surface area contributed by atoms with Crippen LogP contribution in [0.25, 0.3) is 11.3 Å². The normalized spacial score (nSPS) is 14.5. The van der Waals surface area contributed by atoms with Crippen molar-refractivity contribution in [1.82, 2.24) is 20.1 Å². The summed E-state index contributed by atoms with van der Waals surface area (Å²) in [6.07, 6.45) is -1.67. The predicted octanol–water partition coefficient (Wildman–Crippen LogP) is 5.65. The Morgan fingerprint density at radius 1 is 1.00 bits per heavy atom. The summed E-state index contributed by atoms with van der Waals surface area (Å²) < 4.78 is 43.7. The fourth-order valence-electron chi connectivity index (χ4n) is 4.31. The largest absolute Gasteiger partial charge is 0.573 e. The molecule has 210 valence electrons. The fourth-order valence-corrected chi connectivity index (χ4v) is 5.38. The maximum Gasteiger partial charge on any atom is 0.573 e. The van der Waals surface area contributed by atoms with Crippen molar-refractivity contribution < 1.29 is 22.7 Å². The topological polar surface area (TPSA) is 70.9 Å². The van der Waals surface area contributed by atoms with E-state index in [-0.39, 0.29) is 11.8 Å². The van der Waals surface area contributed by atoms with Gasteiger partial charge in [0, 0.05) is 36.6 Å². The first-order valence-corrected chi connectivity index (χ1v) is 14.1. The number of likely N-dealkylation sites (tertiary alicyclic amines) is 1. The van der Waals surface area contributed by atoms with Gasteiger partial charge < -0.3 is 24.8 Å². The zero-order valence-corrected chi connectivity index (χ0v) is 22.9. The van der Waals surface area contributed by atoms with E-state index in [1.807, 2.05) is 34.2 Å². The minimum absolute atomic E-state index is 0.197. The molecule has 2 aromatic carbocycles.